The standard InChI is InChI=1S/C28H25NO7/c1-3-15-36-28(34)18-7-11-20(12-8-18)29-24(17-9-13-21(30)14-10-17)23(26(32)27(29)33)25(31)19-5-4-6-22(16-19)35-2/h4-14,16,24,30-31H,3,15H2,1-2H3/b25-23+. The number of aliphatic hydroxyl groups is 1. The Morgan fingerprint density at radius 3 is 2.31 bits per heavy atom. The molecule has 1 fully saturated rings. The van der Waals surface area contributed by atoms with E-state index in [1.54, 1.807) is 48.5 Å². The van der Waals surface area contributed by atoms with Crippen molar-refractivity contribution in [1.29, 1.82) is 0 Å². The van der Waals surface area contributed by atoms with Crippen LogP contribution in [0.3, 0.4) is 0 Å². The highest BCUT2D eigenvalue weighted by atomic mass is 16.5. The van der Waals surface area contributed by atoms with Crippen molar-refractivity contribution < 1.29 is 34.1 Å². The van der Waals surface area contributed by atoms with E-state index in [1.165, 1.54) is 36.3 Å². The quantitative estimate of drug-likeness (QED) is 0.217. The first-order chi connectivity index (χ1) is 17.3. The second kappa shape index (κ2) is 10.4. The van der Waals surface area contributed by atoms with Crippen LogP contribution in [0.1, 0.15) is 40.9 Å². The fourth-order valence-electron chi connectivity index (χ4n) is 4.03. The van der Waals surface area contributed by atoms with Crippen LogP contribution in [-0.2, 0) is 14.3 Å². The molecule has 1 aliphatic rings. The van der Waals surface area contributed by atoms with Crippen molar-refractivity contribution in [3.8, 4) is 11.5 Å². The first-order valence-corrected chi connectivity index (χ1v) is 11.4. The number of rotatable bonds is 7. The minimum absolute atomic E-state index is 0.0124. The van der Waals surface area contributed by atoms with Gasteiger partial charge in [0.2, 0.25) is 0 Å². The summed E-state index contributed by atoms with van der Waals surface area (Å²) in [5.41, 5.74) is 1.37. The predicted molar refractivity (Wildman–Crippen MR) is 133 cm³/mol. The molecule has 0 aliphatic carbocycles. The number of hydrogen-bond acceptors (Lipinski definition) is 7. The van der Waals surface area contributed by atoms with Crippen LogP contribution in [0.15, 0.2) is 78.4 Å². The summed E-state index contributed by atoms with van der Waals surface area (Å²) in [6.45, 7) is 2.18. The van der Waals surface area contributed by atoms with Crippen LogP contribution in [0, 0.1) is 0 Å². The predicted octanol–water partition coefficient (Wildman–Crippen LogP) is 4.59. The highest BCUT2D eigenvalue weighted by Crippen LogP contribution is 2.42. The molecular weight excluding hydrogens is 462 g/mol. The third kappa shape index (κ3) is 4.65. The number of Topliss-reactive ketones (excluding diaryl/α,β-unsaturated/α-hetero) is 1. The van der Waals surface area contributed by atoms with Crippen molar-refractivity contribution >= 4 is 29.1 Å². The molecule has 0 radical (unpaired) electrons. The first-order valence-electron chi connectivity index (χ1n) is 11.4. The van der Waals surface area contributed by atoms with Crippen molar-refractivity contribution in [1.82, 2.24) is 0 Å². The van der Waals surface area contributed by atoms with E-state index in [0.717, 1.165) is 0 Å². The number of hydrogen-bond donors (Lipinski definition) is 2. The number of phenolic OH excluding ortho intramolecular Hbond substituents is 1. The van der Waals surface area contributed by atoms with Gasteiger partial charge in [0.25, 0.3) is 11.7 Å². The number of amides is 1. The molecule has 4 rings (SSSR count). The summed E-state index contributed by atoms with van der Waals surface area (Å²) in [6.07, 6.45) is 0.689. The van der Waals surface area contributed by atoms with E-state index in [0.29, 0.717) is 41.2 Å². The van der Waals surface area contributed by atoms with Crippen molar-refractivity contribution in [3.63, 3.8) is 0 Å². The Labute approximate surface area is 208 Å². The summed E-state index contributed by atoms with van der Waals surface area (Å²) in [4.78, 5) is 39.9. The number of benzene rings is 3. The Morgan fingerprint density at radius 1 is 0.972 bits per heavy atom. The van der Waals surface area contributed by atoms with E-state index >= 15 is 0 Å². The van der Waals surface area contributed by atoms with Crippen LogP contribution >= 0.6 is 0 Å². The molecule has 3 aromatic rings. The topological polar surface area (TPSA) is 113 Å². The molecule has 1 saturated heterocycles. The number of carbonyl (C=O) groups is 3. The number of anilines is 1. The fourth-order valence-corrected chi connectivity index (χ4v) is 4.03. The van der Waals surface area contributed by atoms with Crippen molar-refractivity contribution in [2.45, 2.75) is 19.4 Å². The van der Waals surface area contributed by atoms with Crippen LogP contribution in [0.4, 0.5) is 5.69 Å². The molecule has 1 atom stereocenters. The van der Waals surface area contributed by atoms with Crippen LogP contribution in [0.5, 0.6) is 11.5 Å². The van der Waals surface area contributed by atoms with E-state index in [2.05, 4.69) is 0 Å². The molecule has 1 unspecified atom stereocenters. The van der Waals surface area contributed by atoms with Crippen LogP contribution < -0.4 is 9.64 Å². The van der Waals surface area contributed by atoms with Gasteiger partial charge in [-0.25, -0.2) is 4.79 Å². The SMILES string of the molecule is CCCOC(=O)c1ccc(N2C(=O)C(=O)/C(=C(/O)c3cccc(OC)c3)C2c2ccc(O)cc2)cc1. The Morgan fingerprint density at radius 2 is 1.67 bits per heavy atom. The van der Waals surface area contributed by atoms with E-state index in [-0.39, 0.29) is 17.1 Å². The minimum Gasteiger partial charge on any atom is -0.508 e. The van der Waals surface area contributed by atoms with Crippen LogP contribution in [-0.4, -0.2) is 41.6 Å². The van der Waals surface area contributed by atoms with Crippen LogP contribution in [0.2, 0.25) is 0 Å². The molecule has 8 heteroatoms. The molecular formula is C28H25NO7. The summed E-state index contributed by atoms with van der Waals surface area (Å²) >= 11 is 0. The van der Waals surface area contributed by atoms with Gasteiger partial charge < -0.3 is 19.7 Å². The van der Waals surface area contributed by atoms with E-state index in [1.807, 2.05) is 6.92 Å². The highest BCUT2D eigenvalue weighted by Gasteiger charge is 2.47. The van der Waals surface area contributed by atoms with Crippen molar-refractivity contribution in [2.24, 2.45) is 0 Å². The molecule has 0 bridgehead atoms. The lowest BCUT2D eigenvalue weighted by Crippen LogP contribution is -2.29. The zero-order valence-electron chi connectivity index (χ0n) is 19.8. The Balaban J connectivity index is 1.83. The molecule has 184 valence electrons. The zero-order valence-corrected chi connectivity index (χ0v) is 19.8. The van der Waals surface area contributed by atoms with Crippen LogP contribution in [0.25, 0.3) is 5.76 Å². The molecule has 8 nitrogen and oxygen atoms in total. The number of ether oxygens (including phenoxy) is 2. The second-order valence-corrected chi connectivity index (χ2v) is 8.18. The molecule has 0 spiro atoms. The maximum atomic E-state index is 13.3. The molecule has 0 saturated carbocycles. The van der Waals surface area contributed by atoms with Gasteiger partial charge in [0, 0.05) is 11.3 Å². The third-order valence-electron chi connectivity index (χ3n) is 5.81. The molecule has 3 aromatic carbocycles. The van der Waals surface area contributed by atoms with Gasteiger partial charge in [-0.3, -0.25) is 14.5 Å². The zero-order chi connectivity index (χ0) is 25.8. The summed E-state index contributed by atoms with van der Waals surface area (Å²) in [5, 5.41) is 21.0. The van der Waals surface area contributed by atoms with E-state index < -0.39 is 23.7 Å². The number of aromatic hydroxyl groups is 1. The van der Waals surface area contributed by atoms with Crippen molar-refractivity contribution in [3.05, 3.63) is 95.1 Å². The monoisotopic (exact) mass is 487 g/mol. The normalized spacial score (nSPS) is 16.7. The number of nitrogens with zero attached hydrogens (tertiary/aromatic N) is 1. The molecule has 1 aliphatic heterocycles. The second-order valence-electron chi connectivity index (χ2n) is 8.18. The van der Waals surface area contributed by atoms with E-state index in [9.17, 15) is 24.6 Å². The average Bonchev–Trinajstić information content (AvgIpc) is 3.17. The third-order valence-corrected chi connectivity index (χ3v) is 5.81. The molecule has 36 heavy (non-hydrogen) atoms. The van der Waals surface area contributed by atoms with Gasteiger partial charge in [-0.1, -0.05) is 31.2 Å². The van der Waals surface area contributed by atoms with Gasteiger partial charge >= 0.3 is 5.97 Å². The Kier molecular flexibility index (Phi) is 7.05. The largest absolute Gasteiger partial charge is 0.508 e. The lowest BCUT2D eigenvalue weighted by atomic mass is 9.95. The molecule has 0 aromatic heterocycles. The lowest BCUT2D eigenvalue weighted by molar-refractivity contribution is -0.132. The van der Waals surface area contributed by atoms with Gasteiger partial charge in [0.05, 0.1) is 30.9 Å². The van der Waals surface area contributed by atoms with E-state index in [4.69, 9.17) is 9.47 Å². The number of aliphatic hydroxyl groups excluding tert-OH is 1. The smallest absolute Gasteiger partial charge is 0.338 e. The average molecular weight is 488 g/mol. The number of esters is 1. The Hall–Kier alpha value is -4.59. The minimum atomic E-state index is -0.977. The molecule has 1 amide bonds. The van der Waals surface area contributed by atoms with Gasteiger partial charge in [0.15, 0.2) is 0 Å². The lowest BCUT2D eigenvalue weighted by Gasteiger charge is -2.25. The van der Waals surface area contributed by atoms with Gasteiger partial charge in [-0.15, -0.1) is 0 Å². The molecule has 1 heterocycles. The first kappa shape index (κ1) is 24.5. The van der Waals surface area contributed by atoms with Crippen molar-refractivity contribution in [2.75, 3.05) is 18.6 Å². The Bertz CT molecular complexity index is 1330. The molecule has 2 N–H and O–H groups in total. The number of phenols is 1. The summed E-state index contributed by atoms with van der Waals surface area (Å²) < 4.78 is 10.4. The highest BCUT2D eigenvalue weighted by molar-refractivity contribution is 6.51. The number of ketones is 1. The summed E-state index contributed by atoms with van der Waals surface area (Å²) in [5.74, 6) is -2.05. The summed E-state index contributed by atoms with van der Waals surface area (Å²) in [6, 6.07) is 17.7. The maximum Gasteiger partial charge on any atom is 0.338 e. The van der Waals surface area contributed by atoms with Gasteiger partial charge in [-0.2, -0.15) is 0 Å². The fraction of sp³-hybridized carbons (Fsp3) is 0.179. The number of carbonyl (C=O) groups excluding carboxylic acids is 3. The van der Waals surface area contributed by atoms with Gasteiger partial charge in [0.1, 0.15) is 17.3 Å². The summed E-state index contributed by atoms with van der Waals surface area (Å²) in [7, 11) is 1.48. The number of methoxy groups -OCH3 is 1. The van der Waals surface area contributed by atoms with Gasteiger partial charge in [-0.05, 0) is 60.5 Å². The maximum absolute atomic E-state index is 13.3.